The molecule has 2 heterocycles. The molecule has 34 heavy (non-hydrogen) atoms. The number of benzene rings is 2. The molecule has 0 radical (unpaired) electrons. The van der Waals surface area contributed by atoms with E-state index in [2.05, 4.69) is 0 Å². The maximum absolute atomic E-state index is 11.4. The quantitative estimate of drug-likeness (QED) is 0.242. The predicted molar refractivity (Wildman–Crippen MR) is 127 cm³/mol. The highest BCUT2D eigenvalue weighted by Crippen LogP contribution is 2.24. The lowest BCUT2D eigenvalue weighted by Crippen LogP contribution is -2.13. The third-order valence-electron chi connectivity index (χ3n) is 5.20. The molecule has 8 heteroatoms. The van der Waals surface area contributed by atoms with Crippen LogP contribution in [-0.2, 0) is 9.47 Å². The number of aryl methyl sites for hydroxylation is 2. The zero-order valence-corrected chi connectivity index (χ0v) is 19.1. The van der Waals surface area contributed by atoms with E-state index in [-0.39, 0.29) is 0 Å². The van der Waals surface area contributed by atoms with E-state index in [0.717, 1.165) is 21.9 Å². The Kier molecular flexibility index (Phi) is 7.61. The van der Waals surface area contributed by atoms with Crippen molar-refractivity contribution in [2.24, 2.45) is 0 Å². The molecule has 8 nitrogen and oxygen atoms in total. The van der Waals surface area contributed by atoms with Crippen molar-refractivity contribution < 1.29 is 27.8 Å². The van der Waals surface area contributed by atoms with Crippen molar-refractivity contribution in [3.8, 4) is 11.5 Å². The van der Waals surface area contributed by atoms with Crippen molar-refractivity contribution in [1.29, 1.82) is 0 Å². The van der Waals surface area contributed by atoms with E-state index in [1.807, 2.05) is 26.0 Å². The molecule has 0 saturated carbocycles. The summed E-state index contributed by atoms with van der Waals surface area (Å²) >= 11 is 0. The molecule has 2 aromatic heterocycles. The van der Waals surface area contributed by atoms with E-state index < -0.39 is 11.3 Å². The maximum atomic E-state index is 11.4. The lowest BCUT2D eigenvalue weighted by Gasteiger charge is -2.10. The van der Waals surface area contributed by atoms with Crippen molar-refractivity contribution in [2.45, 2.75) is 13.8 Å². The average molecular weight is 466 g/mol. The van der Waals surface area contributed by atoms with Crippen LogP contribution < -0.4 is 20.7 Å². The van der Waals surface area contributed by atoms with Crippen molar-refractivity contribution in [3.63, 3.8) is 0 Å². The largest absolute Gasteiger partial charge is 0.491 e. The topological polar surface area (TPSA) is 97.3 Å². The van der Waals surface area contributed by atoms with Gasteiger partial charge in [-0.05, 0) is 49.2 Å². The van der Waals surface area contributed by atoms with Gasteiger partial charge in [-0.25, -0.2) is 9.59 Å². The molecule has 0 unspecified atom stereocenters. The van der Waals surface area contributed by atoms with E-state index in [0.29, 0.717) is 62.3 Å². The summed E-state index contributed by atoms with van der Waals surface area (Å²) in [5.41, 5.74) is 2.16. The zero-order chi connectivity index (χ0) is 23.9. The molecular weight excluding hydrogens is 440 g/mol. The van der Waals surface area contributed by atoms with Gasteiger partial charge in [0.1, 0.15) is 35.9 Å². The summed E-state index contributed by atoms with van der Waals surface area (Å²) in [5.74, 6) is 1.25. The molecule has 0 aliphatic heterocycles. The Labute approximate surface area is 195 Å². The minimum absolute atomic E-state index is 0.364. The smallest absolute Gasteiger partial charge is 0.336 e. The van der Waals surface area contributed by atoms with Crippen LogP contribution in [0.25, 0.3) is 21.9 Å². The SMILES string of the molecule is Cc1cc(OCCOCCOCCOc2cc(C)c3ccc(=O)oc3c2)cc2oc(=O)ccc12. The summed E-state index contributed by atoms with van der Waals surface area (Å²) < 4.78 is 32.9. The van der Waals surface area contributed by atoms with E-state index in [4.69, 9.17) is 27.8 Å². The summed E-state index contributed by atoms with van der Waals surface area (Å²) in [6, 6.07) is 13.5. The van der Waals surface area contributed by atoms with Crippen molar-refractivity contribution >= 4 is 21.9 Å². The highest BCUT2D eigenvalue weighted by molar-refractivity contribution is 5.82. The molecule has 0 aliphatic carbocycles. The van der Waals surface area contributed by atoms with Gasteiger partial charge in [0, 0.05) is 35.0 Å². The van der Waals surface area contributed by atoms with E-state index >= 15 is 0 Å². The first-order chi connectivity index (χ1) is 16.5. The van der Waals surface area contributed by atoms with Gasteiger partial charge in [-0.1, -0.05) is 0 Å². The molecule has 4 aromatic rings. The predicted octanol–water partition coefficient (Wildman–Crippen LogP) is 4.01. The Bertz CT molecular complexity index is 1280. The fourth-order valence-electron chi connectivity index (χ4n) is 3.58. The molecule has 0 bridgehead atoms. The first-order valence-corrected chi connectivity index (χ1v) is 11.0. The molecule has 0 N–H and O–H groups in total. The molecule has 0 atom stereocenters. The maximum Gasteiger partial charge on any atom is 0.336 e. The van der Waals surface area contributed by atoms with Gasteiger partial charge in [-0.3, -0.25) is 0 Å². The standard InChI is InChI=1S/C26H26O8/c1-17-13-19(15-23-21(17)3-5-25(27)33-23)31-11-9-29-7-8-30-10-12-32-20-14-18(2)22-4-6-26(28)34-24(22)16-20/h3-6,13-16H,7-12H2,1-2H3. The molecule has 0 aliphatic rings. The summed E-state index contributed by atoms with van der Waals surface area (Å²) in [4.78, 5) is 22.8. The number of ether oxygens (including phenoxy) is 4. The lowest BCUT2D eigenvalue weighted by atomic mass is 10.1. The van der Waals surface area contributed by atoms with Crippen LogP contribution in [0.4, 0.5) is 0 Å². The van der Waals surface area contributed by atoms with Crippen molar-refractivity contribution in [1.82, 2.24) is 0 Å². The monoisotopic (exact) mass is 466 g/mol. The van der Waals surface area contributed by atoms with Gasteiger partial charge in [0.2, 0.25) is 0 Å². The summed E-state index contributed by atoms with van der Waals surface area (Å²) in [6.07, 6.45) is 0. The minimum atomic E-state index is -0.390. The molecule has 0 saturated heterocycles. The number of hydrogen-bond donors (Lipinski definition) is 0. The van der Waals surface area contributed by atoms with Gasteiger partial charge < -0.3 is 27.8 Å². The van der Waals surface area contributed by atoms with Crippen LogP contribution in [0.1, 0.15) is 11.1 Å². The Morgan fingerprint density at radius 3 is 1.44 bits per heavy atom. The summed E-state index contributed by atoms with van der Waals surface area (Å²) in [7, 11) is 0. The van der Waals surface area contributed by atoms with Crippen molar-refractivity contribution in [3.05, 3.63) is 80.5 Å². The van der Waals surface area contributed by atoms with Crippen LogP contribution in [0.15, 0.2) is 67.0 Å². The number of fused-ring (bicyclic) bond motifs is 2. The second-order valence-corrected chi connectivity index (χ2v) is 7.73. The Morgan fingerprint density at radius 2 is 1.00 bits per heavy atom. The fourth-order valence-corrected chi connectivity index (χ4v) is 3.58. The third kappa shape index (κ3) is 6.03. The second-order valence-electron chi connectivity index (χ2n) is 7.73. The molecular formula is C26H26O8. The lowest BCUT2D eigenvalue weighted by molar-refractivity contribution is 0.0273. The van der Waals surface area contributed by atoms with E-state index in [1.165, 1.54) is 12.1 Å². The Balaban J connectivity index is 1.11. The van der Waals surface area contributed by atoms with Crippen LogP contribution in [0.3, 0.4) is 0 Å². The summed E-state index contributed by atoms with van der Waals surface area (Å²) in [6.45, 7) is 6.25. The van der Waals surface area contributed by atoms with E-state index in [1.54, 1.807) is 24.3 Å². The second kappa shape index (κ2) is 11.0. The molecule has 4 rings (SSSR count). The van der Waals surface area contributed by atoms with Crippen molar-refractivity contribution in [2.75, 3.05) is 39.6 Å². The first kappa shape index (κ1) is 23.5. The van der Waals surface area contributed by atoms with Gasteiger partial charge >= 0.3 is 11.3 Å². The summed E-state index contributed by atoms with van der Waals surface area (Å²) in [5, 5.41) is 1.76. The van der Waals surface area contributed by atoms with Gasteiger partial charge in [-0.2, -0.15) is 0 Å². The van der Waals surface area contributed by atoms with Crippen LogP contribution >= 0.6 is 0 Å². The van der Waals surface area contributed by atoms with Crippen LogP contribution in [0.2, 0.25) is 0 Å². The van der Waals surface area contributed by atoms with Crippen LogP contribution in [-0.4, -0.2) is 39.6 Å². The molecule has 0 amide bonds. The molecule has 2 aromatic carbocycles. The Hall–Kier alpha value is -3.62. The Morgan fingerprint density at radius 1 is 0.588 bits per heavy atom. The molecule has 0 fully saturated rings. The minimum Gasteiger partial charge on any atom is -0.491 e. The van der Waals surface area contributed by atoms with Gasteiger partial charge in [-0.15, -0.1) is 0 Å². The first-order valence-electron chi connectivity index (χ1n) is 11.0. The normalized spacial score (nSPS) is 11.2. The van der Waals surface area contributed by atoms with Gasteiger partial charge in [0.25, 0.3) is 0 Å². The van der Waals surface area contributed by atoms with Crippen LogP contribution in [0.5, 0.6) is 11.5 Å². The third-order valence-corrected chi connectivity index (χ3v) is 5.20. The van der Waals surface area contributed by atoms with Crippen LogP contribution in [0, 0.1) is 13.8 Å². The van der Waals surface area contributed by atoms with Gasteiger partial charge in [0.05, 0.1) is 26.4 Å². The van der Waals surface area contributed by atoms with Gasteiger partial charge in [0.15, 0.2) is 0 Å². The average Bonchev–Trinajstić information content (AvgIpc) is 2.79. The molecule has 0 spiro atoms. The van der Waals surface area contributed by atoms with E-state index in [9.17, 15) is 9.59 Å². The zero-order valence-electron chi connectivity index (χ0n) is 19.1. The number of hydrogen-bond acceptors (Lipinski definition) is 8. The molecule has 178 valence electrons. The highest BCUT2D eigenvalue weighted by atomic mass is 16.6. The number of rotatable bonds is 11. The highest BCUT2D eigenvalue weighted by Gasteiger charge is 2.06. The fraction of sp³-hybridized carbons (Fsp3) is 0.308.